The Labute approximate surface area is 243 Å². The summed E-state index contributed by atoms with van der Waals surface area (Å²) in [5.41, 5.74) is 2.00. The molecule has 0 atom stereocenters. The molecule has 0 aliphatic carbocycles. The van der Waals surface area contributed by atoms with Gasteiger partial charge in [0, 0.05) is 23.8 Å². The maximum absolute atomic E-state index is 9.98. The molecule has 4 heterocycles. The van der Waals surface area contributed by atoms with Crippen molar-refractivity contribution >= 4 is 48.6 Å². The summed E-state index contributed by atoms with van der Waals surface area (Å²) in [4.78, 5) is 20.8. The molecule has 0 fully saturated rings. The van der Waals surface area contributed by atoms with Crippen molar-refractivity contribution in [2.24, 2.45) is 0 Å². The van der Waals surface area contributed by atoms with E-state index in [2.05, 4.69) is 58.5 Å². The molecule has 0 unspecified atom stereocenters. The minimum Gasteiger partial charge on any atom is -0.876 e. The van der Waals surface area contributed by atoms with E-state index in [1.54, 1.807) is 22.7 Å². The van der Waals surface area contributed by atoms with E-state index < -0.39 is 0 Å². The Balaban J connectivity index is 0.000000167. The monoisotopic (exact) mass is 712 g/mol. The quantitative estimate of drug-likeness (QED) is 0.109. The van der Waals surface area contributed by atoms with Crippen LogP contribution in [0.3, 0.4) is 0 Å². The summed E-state index contributed by atoms with van der Waals surface area (Å²) in [6.45, 7) is 2.70. The topological polar surface area (TPSA) is 65.9 Å². The maximum atomic E-state index is 9.98. The van der Waals surface area contributed by atoms with E-state index in [1.807, 2.05) is 60.9 Å². The van der Waals surface area contributed by atoms with Crippen molar-refractivity contribution in [1.29, 1.82) is 0 Å². The fourth-order valence-electron chi connectivity index (χ4n) is 3.35. The predicted molar refractivity (Wildman–Crippen MR) is 152 cm³/mol. The summed E-state index contributed by atoms with van der Waals surface area (Å²) < 4.78 is 2.52. The fraction of sp³-hybridized carbons (Fsp3) is 0.0645. The second-order valence-corrected chi connectivity index (χ2v) is 10.0. The average molecular weight is 712 g/mol. The number of fused-ring (bicyclic) bond motifs is 2. The molecule has 38 heavy (non-hydrogen) atoms. The molecule has 6 rings (SSSR count). The van der Waals surface area contributed by atoms with Gasteiger partial charge in [-0.1, -0.05) is 55.5 Å². The summed E-state index contributed by atoms with van der Waals surface area (Å²) in [5, 5.41) is 12.3. The third-order valence-electron chi connectivity index (χ3n) is 4.90. The van der Waals surface area contributed by atoms with Crippen LogP contribution in [0.4, 0.5) is 0 Å². The van der Waals surface area contributed by atoms with Crippen molar-refractivity contribution in [1.82, 2.24) is 9.97 Å². The van der Waals surface area contributed by atoms with Gasteiger partial charge in [0.05, 0.1) is 0 Å². The zero-order valence-corrected chi connectivity index (χ0v) is 24.7. The van der Waals surface area contributed by atoms with Gasteiger partial charge >= 0.3 is 20.1 Å². The summed E-state index contributed by atoms with van der Waals surface area (Å²) in [7, 11) is 0. The number of hydrogen-bond acceptors (Lipinski definition) is 6. The van der Waals surface area contributed by atoms with Crippen molar-refractivity contribution < 1.29 is 30.0 Å². The summed E-state index contributed by atoms with van der Waals surface area (Å²) >= 11 is 3.46. The van der Waals surface area contributed by atoms with Gasteiger partial charge in [0.15, 0.2) is 5.78 Å². The van der Waals surface area contributed by atoms with Crippen LogP contribution >= 0.6 is 22.7 Å². The van der Waals surface area contributed by atoms with Gasteiger partial charge in [0.1, 0.15) is 0 Å². The first kappa shape index (κ1) is 29.1. The molecule has 7 heteroatoms. The molecule has 4 nitrogen and oxygen atoms in total. The number of nitrogens with zero attached hydrogens (tertiary/aromatic N) is 2. The second kappa shape index (κ2) is 14.5. The first-order chi connectivity index (χ1) is 18.0. The normalized spacial score (nSPS) is 10.5. The van der Waals surface area contributed by atoms with Crippen LogP contribution in [0.5, 0.6) is 0 Å². The molecule has 0 saturated carbocycles. The molecule has 0 spiro atoms. The Morgan fingerprint density at radius 2 is 1.13 bits per heavy atom. The van der Waals surface area contributed by atoms with Gasteiger partial charge in [0.2, 0.25) is 0 Å². The molecular weight excluding hydrogens is 689 g/mol. The molecule has 0 bridgehead atoms. The Kier molecular flexibility index (Phi) is 11.1. The summed E-state index contributed by atoms with van der Waals surface area (Å²) in [6.07, 6.45) is 4.68. The zero-order chi connectivity index (χ0) is 26.0. The number of rotatable bonds is 3. The molecule has 4 aromatic heterocycles. The molecule has 0 N–H and O–H groups in total. The van der Waals surface area contributed by atoms with Crippen LogP contribution in [0.15, 0.2) is 109 Å². The van der Waals surface area contributed by atoms with Crippen LogP contribution in [0.25, 0.3) is 41.3 Å². The van der Waals surface area contributed by atoms with Crippen molar-refractivity contribution in [3.63, 3.8) is 0 Å². The number of benzene rings is 2. The number of thiophene rings is 2. The minimum atomic E-state index is -0.187. The van der Waals surface area contributed by atoms with Crippen molar-refractivity contribution in [2.75, 3.05) is 0 Å². The first-order valence-electron chi connectivity index (χ1n) is 11.5. The van der Waals surface area contributed by atoms with Crippen molar-refractivity contribution in [3.8, 4) is 21.1 Å². The number of aromatic nitrogens is 2. The predicted octanol–water partition coefficient (Wildman–Crippen LogP) is 7.36. The smallest absolute Gasteiger partial charge is 0.876 e. The third kappa shape index (κ3) is 8.27. The van der Waals surface area contributed by atoms with E-state index in [0.29, 0.717) is 0 Å². The number of ketones is 1. The first-order valence-corrected chi connectivity index (χ1v) is 13.1. The molecule has 190 valence electrons. The molecule has 0 amide bonds. The largest absolute Gasteiger partial charge is 3.00 e. The van der Waals surface area contributed by atoms with Gasteiger partial charge in [-0.15, -0.1) is 52.9 Å². The Hall–Kier alpha value is -3.48. The SMILES string of the molecule is CC(=O)/C=C(/C)[O-].[Ir+3].[c-]1c(-c2ccccn2)sc2ccccc12.[c-]1c(-c2ccccn2)sc2ccccc12. The van der Waals surface area contributed by atoms with E-state index in [-0.39, 0.29) is 31.6 Å². The van der Waals surface area contributed by atoms with Gasteiger partial charge in [0.25, 0.3) is 0 Å². The van der Waals surface area contributed by atoms with E-state index in [9.17, 15) is 9.90 Å². The standard InChI is InChI=1S/2C13H8NS.C5H8O2.Ir/c2*1-2-7-12-10(5-1)9-13(15-12)11-6-3-4-8-14-11;1-4(6)3-5(2)7;/h2*1-8H;3,6H,1-2H3;/q2*-1;;+3/p-1/b;;4-3-;. The number of carbonyl (C=O) groups excluding carboxylic acids is 1. The van der Waals surface area contributed by atoms with Crippen molar-refractivity contribution in [3.05, 3.63) is 121 Å². The minimum absolute atomic E-state index is 0. The van der Waals surface area contributed by atoms with E-state index in [4.69, 9.17) is 0 Å². The second-order valence-electron chi connectivity index (χ2n) is 7.90. The van der Waals surface area contributed by atoms with Gasteiger partial charge in [-0.2, -0.15) is 0 Å². The summed E-state index contributed by atoms with van der Waals surface area (Å²) in [6, 6.07) is 35.2. The van der Waals surface area contributed by atoms with E-state index in [0.717, 1.165) is 27.2 Å². The number of pyridine rings is 2. The summed E-state index contributed by atoms with van der Waals surface area (Å²) in [5.74, 6) is -0.375. The van der Waals surface area contributed by atoms with E-state index in [1.165, 1.54) is 34.0 Å². The van der Waals surface area contributed by atoms with Crippen LogP contribution in [0.1, 0.15) is 13.8 Å². The van der Waals surface area contributed by atoms with E-state index >= 15 is 0 Å². The zero-order valence-electron chi connectivity index (χ0n) is 20.7. The maximum Gasteiger partial charge on any atom is 3.00 e. The van der Waals surface area contributed by atoms with Crippen LogP contribution in [-0.2, 0) is 24.9 Å². The van der Waals surface area contributed by atoms with Crippen LogP contribution in [-0.4, -0.2) is 15.8 Å². The van der Waals surface area contributed by atoms with Gasteiger partial charge in [-0.05, 0) is 44.3 Å². The van der Waals surface area contributed by atoms with Crippen LogP contribution in [0, 0.1) is 12.1 Å². The Morgan fingerprint density at radius 3 is 1.45 bits per heavy atom. The number of carbonyl (C=O) groups is 1. The van der Waals surface area contributed by atoms with Crippen molar-refractivity contribution in [2.45, 2.75) is 13.8 Å². The number of hydrogen-bond donors (Lipinski definition) is 0. The van der Waals surface area contributed by atoms with Gasteiger partial charge in [-0.25, -0.2) is 22.7 Å². The van der Waals surface area contributed by atoms with Crippen LogP contribution < -0.4 is 5.11 Å². The molecule has 0 aliphatic rings. The third-order valence-corrected chi connectivity index (χ3v) is 7.08. The molecular formula is C31H23IrN2O2S2. The Bertz CT molecular complexity index is 1450. The fourth-order valence-corrected chi connectivity index (χ4v) is 5.31. The average Bonchev–Trinajstić information content (AvgIpc) is 3.54. The van der Waals surface area contributed by atoms with Crippen LogP contribution in [0.2, 0.25) is 0 Å². The molecule has 0 aliphatic heterocycles. The number of allylic oxidation sites excluding steroid dienone is 2. The molecule has 0 radical (unpaired) electrons. The molecule has 2 aromatic carbocycles. The molecule has 0 saturated heterocycles. The van der Waals surface area contributed by atoms with Gasteiger partial charge < -0.3 is 15.1 Å². The molecule has 6 aromatic rings. The Morgan fingerprint density at radius 1 is 0.711 bits per heavy atom. The van der Waals surface area contributed by atoms with Gasteiger partial charge in [-0.3, -0.25) is 4.79 Å².